The second-order valence-electron chi connectivity index (χ2n) is 5.22. The number of benzene rings is 2. The zero-order valence-electron chi connectivity index (χ0n) is 12.7. The van der Waals surface area contributed by atoms with E-state index in [1.807, 2.05) is 36.4 Å². The number of ether oxygens (including phenoxy) is 1. The molecule has 0 saturated carbocycles. The van der Waals surface area contributed by atoms with Gasteiger partial charge >= 0.3 is 0 Å². The van der Waals surface area contributed by atoms with Crippen molar-refractivity contribution in [2.45, 2.75) is 19.7 Å². The second-order valence-corrected chi connectivity index (χ2v) is 6.08. The molecule has 0 fully saturated rings. The number of hydrogen-bond acceptors (Lipinski definition) is 3. The van der Waals surface area contributed by atoms with Crippen molar-refractivity contribution in [1.29, 1.82) is 0 Å². The Hall–Kier alpha value is -2.04. The molecule has 2 aromatic carbocycles. The summed E-state index contributed by atoms with van der Waals surface area (Å²) in [7, 11) is 0. The highest BCUT2D eigenvalue weighted by Gasteiger charge is 2.04. The molecule has 0 aliphatic heterocycles. The molecule has 1 aromatic heterocycles. The summed E-state index contributed by atoms with van der Waals surface area (Å²) in [5, 5.41) is 3.35. The van der Waals surface area contributed by atoms with Gasteiger partial charge in [0.15, 0.2) is 0 Å². The molecule has 0 aliphatic carbocycles. The SMILES string of the molecule is Brc1cc(CNCc2ccco2)ccc1OCc1ccccc1. The molecule has 0 saturated heterocycles. The minimum atomic E-state index is 0.565. The average molecular weight is 372 g/mol. The van der Waals surface area contributed by atoms with Crippen molar-refractivity contribution >= 4 is 15.9 Å². The first-order valence-corrected chi connectivity index (χ1v) is 8.29. The fourth-order valence-corrected chi connectivity index (χ4v) is 2.79. The van der Waals surface area contributed by atoms with Gasteiger partial charge in [-0.2, -0.15) is 0 Å². The summed E-state index contributed by atoms with van der Waals surface area (Å²) < 4.78 is 12.1. The third kappa shape index (κ3) is 4.71. The van der Waals surface area contributed by atoms with E-state index in [-0.39, 0.29) is 0 Å². The highest BCUT2D eigenvalue weighted by molar-refractivity contribution is 9.10. The van der Waals surface area contributed by atoms with Crippen LogP contribution in [0.25, 0.3) is 0 Å². The minimum absolute atomic E-state index is 0.565. The largest absolute Gasteiger partial charge is 0.488 e. The first-order valence-electron chi connectivity index (χ1n) is 7.49. The van der Waals surface area contributed by atoms with Crippen LogP contribution in [-0.4, -0.2) is 0 Å². The summed E-state index contributed by atoms with van der Waals surface area (Å²) in [6, 6.07) is 20.1. The first kappa shape index (κ1) is 15.8. The normalized spacial score (nSPS) is 10.7. The molecule has 0 unspecified atom stereocenters. The molecular formula is C19H18BrNO2. The Morgan fingerprint density at radius 2 is 1.78 bits per heavy atom. The lowest BCUT2D eigenvalue weighted by Gasteiger charge is -2.10. The van der Waals surface area contributed by atoms with E-state index in [1.54, 1.807) is 6.26 Å². The topological polar surface area (TPSA) is 34.4 Å². The van der Waals surface area contributed by atoms with E-state index in [9.17, 15) is 0 Å². The Kier molecular flexibility index (Phi) is 5.51. The van der Waals surface area contributed by atoms with E-state index < -0.39 is 0 Å². The number of halogens is 1. The zero-order chi connectivity index (χ0) is 15.9. The van der Waals surface area contributed by atoms with Crippen molar-refractivity contribution in [3.05, 3.63) is 88.3 Å². The van der Waals surface area contributed by atoms with Crippen LogP contribution in [-0.2, 0) is 19.7 Å². The van der Waals surface area contributed by atoms with E-state index in [0.29, 0.717) is 6.61 Å². The van der Waals surface area contributed by atoms with Crippen molar-refractivity contribution < 1.29 is 9.15 Å². The van der Waals surface area contributed by atoms with Gasteiger partial charge in [0, 0.05) is 6.54 Å². The molecule has 1 N–H and O–H groups in total. The summed E-state index contributed by atoms with van der Waals surface area (Å²) in [5.41, 5.74) is 2.35. The van der Waals surface area contributed by atoms with Crippen molar-refractivity contribution in [2.24, 2.45) is 0 Å². The predicted molar refractivity (Wildman–Crippen MR) is 94.2 cm³/mol. The second kappa shape index (κ2) is 7.99. The van der Waals surface area contributed by atoms with Gasteiger partial charge in [-0.1, -0.05) is 36.4 Å². The van der Waals surface area contributed by atoms with Crippen LogP contribution < -0.4 is 10.1 Å². The maximum Gasteiger partial charge on any atom is 0.134 e. The zero-order valence-corrected chi connectivity index (χ0v) is 14.3. The summed E-state index contributed by atoms with van der Waals surface area (Å²) in [4.78, 5) is 0. The van der Waals surface area contributed by atoms with Gasteiger partial charge in [-0.05, 0) is 51.3 Å². The van der Waals surface area contributed by atoms with Crippen LogP contribution in [0, 0.1) is 0 Å². The molecule has 3 rings (SSSR count). The third-order valence-corrected chi connectivity index (χ3v) is 4.06. The monoisotopic (exact) mass is 371 g/mol. The van der Waals surface area contributed by atoms with Crippen LogP contribution >= 0.6 is 15.9 Å². The molecule has 0 bridgehead atoms. The molecule has 4 heteroatoms. The van der Waals surface area contributed by atoms with Crippen LogP contribution in [0.1, 0.15) is 16.9 Å². The molecular weight excluding hydrogens is 354 g/mol. The summed E-state index contributed by atoms with van der Waals surface area (Å²) in [6.45, 7) is 2.06. The molecule has 3 aromatic rings. The maximum absolute atomic E-state index is 5.86. The quantitative estimate of drug-likeness (QED) is 0.640. The number of nitrogens with one attached hydrogen (secondary N) is 1. The summed E-state index contributed by atoms with van der Waals surface area (Å²) in [5.74, 6) is 1.79. The molecule has 118 valence electrons. The average Bonchev–Trinajstić information content (AvgIpc) is 3.08. The number of hydrogen-bond donors (Lipinski definition) is 1. The van der Waals surface area contributed by atoms with E-state index in [2.05, 4.69) is 45.5 Å². The van der Waals surface area contributed by atoms with E-state index in [0.717, 1.165) is 34.6 Å². The molecule has 0 radical (unpaired) electrons. The molecule has 1 heterocycles. The standard InChI is InChI=1S/C19H18BrNO2/c20-18-11-16(12-21-13-17-7-4-10-22-17)8-9-19(18)23-14-15-5-2-1-3-6-15/h1-11,21H,12-14H2. The van der Waals surface area contributed by atoms with Crippen molar-refractivity contribution in [3.63, 3.8) is 0 Å². The lowest BCUT2D eigenvalue weighted by atomic mass is 10.2. The van der Waals surface area contributed by atoms with Crippen molar-refractivity contribution in [3.8, 4) is 5.75 Å². The van der Waals surface area contributed by atoms with Gasteiger partial charge < -0.3 is 14.5 Å². The molecule has 0 aliphatic rings. The maximum atomic E-state index is 5.86. The first-order chi connectivity index (χ1) is 11.3. The molecule has 23 heavy (non-hydrogen) atoms. The minimum Gasteiger partial charge on any atom is -0.488 e. The fraction of sp³-hybridized carbons (Fsp3) is 0.158. The third-order valence-electron chi connectivity index (χ3n) is 3.44. The Bertz CT molecular complexity index is 726. The van der Waals surface area contributed by atoms with Crippen LogP contribution in [0.15, 0.2) is 75.8 Å². The van der Waals surface area contributed by atoms with Crippen LogP contribution in [0.3, 0.4) is 0 Å². The Morgan fingerprint density at radius 3 is 2.52 bits per heavy atom. The molecule has 0 spiro atoms. The Morgan fingerprint density at radius 1 is 0.913 bits per heavy atom. The number of rotatable bonds is 7. The smallest absolute Gasteiger partial charge is 0.134 e. The van der Waals surface area contributed by atoms with Gasteiger partial charge in [0.25, 0.3) is 0 Å². The highest BCUT2D eigenvalue weighted by Crippen LogP contribution is 2.26. The van der Waals surface area contributed by atoms with Crippen LogP contribution in [0.4, 0.5) is 0 Å². The van der Waals surface area contributed by atoms with E-state index in [1.165, 1.54) is 5.56 Å². The summed E-state index contributed by atoms with van der Waals surface area (Å²) in [6.07, 6.45) is 1.69. The molecule has 0 amide bonds. The Balaban J connectivity index is 1.53. The van der Waals surface area contributed by atoms with Gasteiger partial charge in [0.05, 0.1) is 17.3 Å². The van der Waals surface area contributed by atoms with Gasteiger partial charge in [0.1, 0.15) is 18.1 Å². The molecule has 3 nitrogen and oxygen atoms in total. The van der Waals surface area contributed by atoms with E-state index >= 15 is 0 Å². The van der Waals surface area contributed by atoms with Gasteiger partial charge in [-0.15, -0.1) is 0 Å². The highest BCUT2D eigenvalue weighted by atomic mass is 79.9. The fourth-order valence-electron chi connectivity index (χ4n) is 2.25. The van der Waals surface area contributed by atoms with Crippen LogP contribution in [0.2, 0.25) is 0 Å². The lowest BCUT2D eigenvalue weighted by molar-refractivity contribution is 0.304. The molecule has 0 atom stereocenters. The lowest BCUT2D eigenvalue weighted by Crippen LogP contribution is -2.12. The summed E-state index contributed by atoms with van der Waals surface area (Å²) >= 11 is 3.58. The van der Waals surface area contributed by atoms with Crippen LogP contribution in [0.5, 0.6) is 5.75 Å². The Labute approximate surface area is 144 Å². The predicted octanol–water partition coefficient (Wildman–Crippen LogP) is 4.91. The number of furan rings is 1. The van der Waals surface area contributed by atoms with Gasteiger partial charge in [-0.25, -0.2) is 0 Å². The van der Waals surface area contributed by atoms with Crippen molar-refractivity contribution in [1.82, 2.24) is 5.32 Å². The van der Waals surface area contributed by atoms with Gasteiger partial charge in [-0.3, -0.25) is 0 Å². The van der Waals surface area contributed by atoms with E-state index in [4.69, 9.17) is 9.15 Å². The van der Waals surface area contributed by atoms with Crippen molar-refractivity contribution in [2.75, 3.05) is 0 Å². The van der Waals surface area contributed by atoms with Gasteiger partial charge in [0.2, 0.25) is 0 Å².